The Morgan fingerprint density at radius 3 is 2.76 bits per heavy atom. The summed E-state index contributed by atoms with van der Waals surface area (Å²) in [7, 11) is 2.02. The molecule has 0 spiro atoms. The van der Waals surface area contributed by atoms with Gasteiger partial charge in [0.05, 0.1) is 6.07 Å². The van der Waals surface area contributed by atoms with Gasteiger partial charge in [-0.1, -0.05) is 6.92 Å². The smallest absolute Gasteiger partial charge is 0.312 e. The van der Waals surface area contributed by atoms with Crippen LogP contribution in [0.5, 0.6) is 0 Å². The van der Waals surface area contributed by atoms with E-state index in [1.54, 1.807) is 11.0 Å². The molecule has 0 radical (unpaired) electrons. The number of nitrogens with one attached hydrogen (secondary N) is 1. The van der Waals surface area contributed by atoms with Crippen molar-refractivity contribution in [3.8, 4) is 6.07 Å². The average molecular weight is 238 g/mol. The first-order valence-electron chi connectivity index (χ1n) is 5.74. The fourth-order valence-electron chi connectivity index (χ4n) is 1.91. The molecule has 6 heteroatoms. The zero-order valence-electron chi connectivity index (χ0n) is 10.3. The molecule has 0 aromatic carbocycles. The van der Waals surface area contributed by atoms with Crippen LogP contribution in [0.1, 0.15) is 13.3 Å². The second kappa shape index (κ2) is 6.21. The third-order valence-corrected chi connectivity index (χ3v) is 3.06. The highest BCUT2D eigenvalue weighted by molar-refractivity contribution is 6.35. The number of rotatable bonds is 2. The van der Waals surface area contributed by atoms with Gasteiger partial charge in [-0.3, -0.25) is 14.5 Å². The van der Waals surface area contributed by atoms with Crippen LogP contribution in [-0.4, -0.2) is 60.9 Å². The Bertz CT molecular complexity index is 337. The second-order valence-corrected chi connectivity index (χ2v) is 4.13. The number of likely N-dealkylation sites (N-methyl/N-ethyl adjacent to an activating group) is 1. The van der Waals surface area contributed by atoms with Gasteiger partial charge in [0.15, 0.2) is 0 Å². The molecule has 1 N–H and O–H groups in total. The Balaban J connectivity index is 2.53. The third kappa shape index (κ3) is 3.43. The maximum atomic E-state index is 11.8. The van der Waals surface area contributed by atoms with Crippen LogP contribution in [0.2, 0.25) is 0 Å². The quantitative estimate of drug-likeness (QED) is 0.503. The molecule has 1 atom stereocenters. The summed E-state index contributed by atoms with van der Waals surface area (Å²) in [6, 6.07) is 2.07. The normalized spacial score (nSPS) is 20.8. The monoisotopic (exact) mass is 238 g/mol. The summed E-state index contributed by atoms with van der Waals surface area (Å²) in [5.41, 5.74) is 0. The first-order valence-corrected chi connectivity index (χ1v) is 5.74. The summed E-state index contributed by atoms with van der Waals surface area (Å²) in [5, 5.41) is 10.6. The van der Waals surface area contributed by atoms with Gasteiger partial charge >= 0.3 is 11.8 Å². The molecule has 2 amide bonds. The van der Waals surface area contributed by atoms with Gasteiger partial charge in [0.2, 0.25) is 0 Å². The lowest BCUT2D eigenvalue weighted by atomic mass is 10.1. The lowest BCUT2D eigenvalue weighted by Crippen LogP contribution is -2.55. The van der Waals surface area contributed by atoms with Crippen LogP contribution >= 0.6 is 0 Å². The summed E-state index contributed by atoms with van der Waals surface area (Å²) in [4.78, 5) is 26.9. The van der Waals surface area contributed by atoms with Crippen LogP contribution in [0.4, 0.5) is 0 Å². The maximum Gasteiger partial charge on any atom is 0.312 e. The van der Waals surface area contributed by atoms with Gasteiger partial charge < -0.3 is 10.2 Å². The van der Waals surface area contributed by atoms with Crippen molar-refractivity contribution in [1.82, 2.24) is 15.1 Å². The van der Waals surface area contributed by atoms with Crippen LogP contribution in [0, 0.1) is 11.3 Å². The highest BCUT2D eigenvalue weighted by atomic mass is 16.2. The SMILES string of the molecule is CCC1CN(C(=O)C(=O)NCC#N)CCN1C. The minimum atomic E-state index is -0.689. The van der Waals surface area contributed by atoms with Gasteiger partial charge in [-0.2, -0.15) is 5.26 Å². The van der Waals surface area contributed by atoms with Gasteiger partial charge in [-0.05, 0) is 13.5 Å². The van der Waals surface area contributed by atoms with Crippen LogP contribution in [0.15, 0.2) is 0 Å². The van der Waals surface area contributed by atoms with E-state index >= 15 is 0 Å². The van der Waals surface area contributed by atoms with E-state index < -0.39 is 11.8 Å². The topological polar surface area (TPSA) is 76.4 Å². The summed E-state index contributed by atoms with van der Waals surface area (Å²) < 4.78 is 0. The van der Waals surface area contributed by atoms with Crippen molar-refractivity contribution >= 4 is 11.8 Å². The fraction of sp³-hybridized carbons (Fsp3) is 0.727. The Kier molecular flexibility index (Phi) is 4.91. The van der Waals surface area contributed by atoms with E-state index in [0.29, 0.717) is 19.1 Å². The zero-order valence-corrected chi connectivity index (χ0v) is 10.3. The lowest BCUT2D eigenvalue weighted by molar-refractivity contribution is -0.147. The highest BCUT2D eigenvalue weighted by Gasteiger charge is 2.29. The second-order valence-electron chi connectivity index (χ2n) is 4.13. The standard InChI is InChI=1S/C11H18N4O2/c1-3-9-8-15(7-6-14(9)2)11(17)10(16)13-5-4-12/h9H,3,5-8H2,1-2H3,(H,13,16). The number of amides is 2. The summed E-state index contributed by atoms with van der Waals surface area (Å²) in [5.74, 6) is -1.22. The third-order valence-electron chi connectivity index (χ3n) is 3.06. The van der Waals surface area contributed by atoms with Crippen LogP contribution in [-0.2, 0) is 9.59 Å². The molecule has 1 saturated heterocycles. The summed E-state index contributed by atoms with van der Waals surface area (Å²) in [6.07, 6.45) is 0.945. The number of nitrogens with zero attached hydrogens (tertiary/aromatic N) is 3. The highest BCUT2D eigenvalue weighted by Crippen LogP contribution is 2.10. The first kappa shape index (κ1) is 13.5. The van der Waals surface area contributed by atoms with Crippen LogP contribution < -0.4 is 5.32 Å². The minimum Gasteiger partial charge on any atom is -0.335 e. The molecule has 0 aromatic heterocycles. The molecule has 94 valence electrons. The maximum absolute atomic E-state index is 11.8. The van der Waals surface area contributed by atoms with Crippen molar-refractivity contribution in [2.75, 3.05) is 33.2 Å². The molecule has 1 heterocycles. The molecule has 1 unspecified atom stereocenters. The molecule has 0 saturated carbocycles. The van der Waals surface area contributed by atoms with E-state index in [1.807, 2.05) is 7.05 Å². The number of carbonyl (C=O) groups excluding carboxylic acids is 2. The van der Waals surface area contributed by atoms with Gasteiger partial charge in [-0.25, -0.2) is 0 Å². The number of piperazine rings is 1. The van der Waals surface area contributed by atoms with Crippen molar-refractivity contribution < 1.29 is 9.59 Å². The Labute approximate surface area is 101 Å². The summed E-state index contributed by atoms with van der Waals surface area (Å²) in [6.45, 7) is 3.84. The number of hydrogen-bond donors (Lipinski definition) is 1. The molecule has 1 aliphatic heterocycles. The molecule has 17 heavy (non-hydrogen) atoms. The first-order chi connectivity index (χ1) is 8.10. The number of nitriles is 1. The van der Waals surface area contributed by atoms with E-state index in [-0.39, 0.29) is 6.54 Å². The predicted molar refractivity (Wildman–Crippen MR) is 61.9 cm³/mol. The number of hydrogen-bond acceptors (Lipinski definition) is 4. The molecular weight excluding hydrogens is 220 g/mol. The van der Waals surface area contributed by atoms with Crippen molar-refractivity contribution in [3.05, 3.63) is 0 Å². The van der Waals surface area contributed by atoms with Crippen molar-refractivity contribution in [2.24, 2.45) is 0 Å². The van der Waals surface area contributed by atoms with Gasteiger partial charge in [0.1, 0.15) is 6.54 Å². The zero-order chi connectivity index (χ0) is 12.8. The predicted octanol–water partition coefficient (Wildman–Crippen LogP) is -0.821. The molecule has 1 fully saturated rings. The molecule has 0 aliphatic carbocycles. The van der Waals surface area contributed by atoms with Gasteiger partial charge in [0, 0.05) is 25.7 Å². The molecule has 6 nitrogen and oxygen atoms in total. The average Bonchev–Trinajstić information content (AvgIpc) is 2.35. The van der Waals surface area contributed by atoms with E-state index in [9.17, 15) is 9.59 Å². The van der Waals surface area contributed by atoms with Gasteiger partial charge in [0.25, 0.3) is 0 Å². The van der Waals surface area contributed by atoms with E-state index in [4.69, 9.17) is 5.26 Å². The van der Waals surface area contributed by atoms with Crippen molar-refractivity contribution in [1.29, 1.82) is 5.26 Å². The molecule has 1 aliphatic rings. The van der Waals surface area contributed by atoms with Gasteiger partial charge in [-0.15, -0.1) is 0 Å². The fourth-order valence-corrected chi connectivity index (χ4v) is 1.91. The molecule has 1 rings (SSSR count). The lowest BCUT2D eigenvalue weighted by Gasteiger charge is -2.38. The Morgan fingerprint density at radius 1 is 1.47 bits per heavy atom. The molecule has 0 bridgehead atoms. The van der Waals surface area contributed by atoms with Crippen molar-refractivity contribution in [3.63, 3.8) is 0 Å². The summed E-state index contributed by atoms with van der Waals surface area (Å²) >= 11 is 0. The Morgan fingerprint density at radius 2 is 2.18 bits per heavy atom. The largest absolute Gasteiger partial charge is 0.335 e. The van der Waals surface area contributed by atoms with Crippen molar-refractivity contribution in [2.45, 2.75) is 19.4 Å². The van der Waals surface area contributed by atoms with E-state index in [2.05, 4.69) is 17.1 Å². The van der Waals surface area contributed by atoms with E-state index in [1.165, 1.54) is 0 Å². The van der Waals surface area contributed by atoms with Crippen LogP contribution in [0.25, 0.3) is 0 Å². The Hall–Kier alpha value is -1.61. The number of carbonyl (C=O) groups is 2. The minimum absolute atomic E-state index is 0.129. The molecule has 0 aromatic rings. The van der Waals surface area contributed by atoms with E-state index in [0.717, 1.165) is 13.0 Å². The molecular formula is C11H18N4O2. The van der Waals surface area contributed by atoms with Crippen LogP contribution in [0.3, 0.4) is 0 Å².